The highest BCUT2D eigenvalue weighted by molar-refractivity contribution is 5.39. The molecular formula is C14H14F3N3O. The Morgan fingerprint density at radius 3 is 2.81 bits per heavy atom. The molecule has 0 amide bonds. The molecule has 21 heavy (non-hydrogen) atoms. The zero-order chi connectivity index (χ0) is 15.0. The molecule has 7 heteroatoms. The van der Waals surface area contributed by atoms with Crippen molar-refractivity contribution in [2.24, 2.45) is 7.05 Å². The average molecular weight is 297 g/mol. The van der Waals surface area contributed by atoms with Gasteiger partial charge in [0.25, 0.3) is 0 Å². The largest absolute Gasteiger partial charge is 0.471 e. The number of nitrogens with zero attached hydrogens (tertiary/aromatic N) is 3. The van der Waals surface area contributed by atoms with Crippen LogP contribution >= 0.6 is 0 Å². The molecule has 0 unspecified atom stereocenters. The first kappa shape index (κ1) is 13.9. The topological polar surface area (TPSA) is 39.9 Å². The Bertz CT molecular complexity index is 664. The number of ether oxygens (including phenoxy) is 1. The van der Waals surface area contributed by atoms with Crippen LogP contribution in [0.25, 0.3) is 0 Å². The maximum Gasteiger partial charge on any atom is 0.416 e. The van der Waals surface area contributed by atoms with Crippen molar-refractivity contribution in [2.75, 3.05) is 0 Å². The standard InChI is InChI=1S/C14H14F3N3O/c1-20-8-18-6-9(20)7-21-13-5-11(14(15,16)17)10-3-2-4-12(10)19-13/h5-6,8H,2-4,7H2,1H3. The summed E-state index contributed by atoms with van der Waals surface area (Å²) in [5.41, 5.74) is 0.969. The van der Waals surface area contributed by atoms with Crippen LogP contribution in [0, 0.1) is 0 Å². The van der Waals surface area contributed by atoms with Crippen molar-refractivity contribution in [3.8, 4) is 5.88 Å². The summed E-state index contributed by atoms with van der Waals surface area (Å²) in [6.45, 7) is 0.138. The number of aryl methyl sites for hydroxylation is 2. The molecule has 0 aromatic carbocycles. The maximum atomic E-state index is 13.1. The minimum Gasteiger partial charge on any atom is -0.471 e. The van der Waals surface area contributed by atoms with Crippen molar-refractivity contribution in [1.82, 2.24) is 14.5 Å². The first-order valence-electron chi connectivity index (χ1n) is 6.63. The van der Waals surface area contributed by atoms with Crippen molar-refractivity contribution in [1.29, 1.82) is 0 Å². The van der Waals surface area contributed by atoms with Crippen molar-refractivity contribution >= 4 is 0 Å². The lowest BCUT2D eigenvalue weighted by molar-refractivity contribution is -0.138. The van der Waals surface area contributed by atoms with Crippen LogP contribution in [-0.2, 0) is 32.7 Å². The van der Waals surface area contributed by atoms with Crippen LogP contribution in [0.2, 0.25) is 0 Å². The minimum atomic E-state index is -4.37. The number of hydrogen-bond donors (Lipinski definition) is 0. The summed E-state index contributed by atoms with van der Waals surface area (Å²) in [6.07, 6.45) is 0.549. The van der Waals surface area contributed by atoms with Gasteiger partial charge >= 0.3 is 6.18 Å². The number of aromatic nitrogens is 3. The van der Waals surface area contributed by atoms with E-state index in [1.54, 1.807) is 24.1 Å². The lowest BCUT2D eigenvalue weighted by atomic mass is 10.1. The summed E-state index contributed by atoms with van der Waals surface area (Å²) in [5.74, 6) is 0.0178. The van der Waals surface area contributed by atoms with E-state index in [4.69, 9.17) is 4.74 Å². The predicted molar refractivity (Wildman–Crippen MR) is 68.8 cm³/mol. The second-order valence-electron chi connectivity index (χ2n) is 5.07. The normalized spacial score (nSPS) is 14.3. The summed E-state index contributed by atoms with van der Waals surface area (Å²) in [5, 5.41) is 0. The van der Waals surface area contributed by atoms with E-state index in [0.29, 0.717) is 30.5 Å². The van der Waals surface area contributed by atoms with Crippen molar-refractivity contribution in [3.63, 3.8) is 0 Å². The Kier molecular flexibility index (Phi) is 3.35. The molecular weight excluding hydrogens is 283 g/mol. The lowest BCUT2D eigenvalue weighted by Gasteiger charge is -2.14. The smallest absolute Gasteiger partial charge is 0.416 e. The number of halogens is 3. The molecule has 1 aliphatic rings. The number of pyridine rings is 1. The molecule has 1 aliphatic carbocycles. The average Bonchev–Trinajstić information content (AvgIpc) is 3.02. The van der Waals surface area contributed by atoms with Crippen LogP contribution in [0.1, 0.15) is 28.9 Å². The number of fused-ring (bicyclic) bond motifs is 1. The van der Waals surface area contributed by atoms with Gasteiger partial charge in [0.15, 0.2) is 0 Å². The molecule has 0 saturated heterocycles. The molecule has 2 aromatic rings. The SMILES string of the molecule is Cn1cncc1COc1cc(C(F)(F)F)c2c(n1)CCC2. The van der Waals surface area contributed by atoms with Gasteiger partial charge in [0.1, 0.15) is 6.61 Å². The Balaban J connectivity index is 1.88. The van der Waals surface area contributed by atoms with Gasteiger partial charge in [-0.1, -0.05) is 0 Å². The quantitative estimate of drug-likeness (QED) is 0.874. The number of imidazole rings is 1. The molecule has 0 aliphatic heterocycles. The fourth-order valence-corrected chi connectivity index (χ4v) is 2.52. The highest BCUT2D eigenvalue weighted by atomic mass is 19.4. The third-order valence-electron chi connectivity index (χ3n) is 3.62. The van der Waals surface area contributed by atoms with E-state index in [-0.39, 0.29) is 12.5 Å². The second kappa shape index (κ2) is 5.05. The van der Waals surface area contributed by atoms with E-state index < -0.39 is 11.7 Å². The van der Waals surface area contributed by atoms with Gasteiger partial charge in [-0.15, -0.1) is 0 Å². The molecule has 0 fully saturated rings. The van der Waals surface area contributed by atoms with Crippen LogP contribution in [0.4, 0.5) is 13.2 Å². The molecule has 0 spiro atoms. The van der Waals surface area contributed by atoms with E-state index >= 15 is 0 Å². The van der Waals surface area contributed by atoms with Gasteiger partial charge in [-0.25, -0.2) is 9.97 Å². The van der Waals surface area contributed by atoms with Gasteiger partial charge < -0.3 is 9.30 Å². The fourth-order valence-electron chi connectivity index (χ4n) is 2.52. The first-order chi connectivity index (χ1) is 9.95. The van der Waals surface area contributed by atoms with Crippen LogP contribution in [0.5, 0.6) is 5.88 Å². The first-order valence-corrected chi connectivity index (χ1v) is 6.63. The highest BCUT2D eigenvalue weighted by Crippen LogP contribution is 2.38. The Labute approximate surface area is 119 Å². The Hall–Kier alpha value is -2.05. The third kappa shape index (κ3) is 2.72. The summed E-state index contributed by atoms with van der Waals surface area (Å²) < 4.78 is 46.5. The number of hydrogen-bond acceptors (Lipinski definition) is 3. The molecule has 0 radical (unpaired) electrons. The van der Waals surface area contributed by atoms with Crippen molar-refractivity contribution in [2.45, 2.75) is 32.0 Å². The van der Waals surface area contributed by atoms with E-state index in [9.17, 15) is 13.2 Å². The highest BCUT2D eigenvalue weighted by Gasteiger charge is 2.36. The summed E-state index contributed by atoms with van der Waals surface area (Å²) in [6, 6.07) is 1.00. The molecule has 4 nitrogen and oxygen atoms in total. The van der Waals surface area contributed by atoms with Crippen LogP contribution in [0.15, 0.2) is 18.6 Å². The van der Waals surface area contributed by atoms with Gasteiger partial charge in [0.2, 0.25) is 5.88 Å². The van der Waals surface area contributed by atoms with Gasteiger partial charge in [-0.3, -0.25) is 0 Å². The van der Waals surface area contributed by atoms with Crippen molar-refractivity contribution in [3.05, 3.63) is 41.1 Å². The number of rotatable bonds is 3. The zero-order valence-electron chi connectivity index (χ0n) is 11.4. The van der Waals surface area contributed by atoms with E-state index in [2.05, 4.69) is 9.97 Å². The molecule has 2 aromatic heterocycles. The molecule has 2 heterocycles. The lowest BCUT2D eigenvalue weighted by Crippen LogP contribution is -2.11. The maximum absolute atomic E-state index is 13.1. The van der Waals surface area contributed by atoms with Crippen LogP contribution in [-0.4, -0.2) is 14.5 Å². The van der Waals surface area contributed by atoms with Gasteiger partial charge in [-0.05, 0) is 24.8 Å². The second-order valence-corrected chi connectivity index (χ2v) is 5.07. The monoisotopic (exact) mass is 297 g/mol. The molecule has 0 N–H and O–H groups in total. The van der Waals surface area contributed by atoms with Gasteiger partial charge in [-0.2, -0.15) is 13.2 Å². The zero-order valence-corrected chi connectivity index (χ0v) is 11.4. The van der Waals surface area contributed by atoms with Gasteiger partial charge in [0.05, 0.1) is 23.8 Å². The molecule has 112 valence electrons. The molecule has 0 bridgehead atoms. The van der Waals surface area contributed by atoms with E-state index in [1.165, 1.54) is 0 Å². The van der Waals surface area contributed by atoms with Crippen molar-refractivity contribution < 1.29 is 17.9 Å². The Morgan fingerprint density at radius 1 is 1.33 bits per heavy atom. The number of alkyl halides is 3. The Morgan fingerprint density at radius 2 is 2.14 bits per heavy atom. The summed E-state index contributed by atoms with van der Waals surface area (Å²) in [4.78, 5) is 8.14. The molecule has 3 rings (SSSR count). The molecule has 0 atom stereocenters. The van der Waals surface area contributed by atoms with Crippen LogP contribution in [0.3, 0.4) is 0 Å². The van der Waals surface area contributed by atoms with E-state index in [0.717, 1.165) is 11.8 Å². The van der Waals surface area contributed by atoms with Gasteiger partial charge in [0, 0.05) is 18.8 Å². The summed E-state index contributed by atoms with van der Waals surface area (Å²) >= 11 is 0. The van der Waals surface area contributed by atoms with Crippen LogP contribution < -0.4 is 4.74 Å². The molecule has 0 saturated carbocycles. The predicted octanol–water partition coefficient (Wildman–Crippen LogP) is 2.90. The minimum absolute atomic E-state index is 0.0178. The summed E-state index contributed by atoms with van der Waals surface area (Å²) in [7, 11) is 1.79. The third-order valence-corrected chi connectivity index (χ3v) is 3.62. The fraction of sp³-hybridized carbons (Fsp3) is 0.429. The van der Waals surface area contributed by atoms with E-state index in [1.807, 2.05) is 0 Å².